The number of carboxylic acid groups (broad SMARTS) is 1. The van der Waals surface area contributed by atoms with Crippen molar-refractivity contribution >= 4 is 11.9 Å². The zero-order chi connectivity index (χ0) is 21.0. The Balaban J connectivity index is 3.50. The average molecular weight is 396 g/mol. The van der Waals surface area contributed by atoms with E-state index in [1.807, 2.05) is 13.8 Å². The summed E-state index contributed by atoms with van der Waals surface area (Å²) < 4.78 is 0. The summed E-state index contributed by atoms with van der Waals surface area (Å²) in [5.41, 5.74) is 0. The summed E-state index contributed by atoms with van der Waals surface area (Å²) in [5, 5.41) is 11.8. The predicted octanol–water partition coefficient (Wildman–Crippen LogP) is 6.64. The van der Waals surface area contributed by atoms with Gasteiger partial charge in [-0.05, 0) is 44.4 Å². The predicted molar refractivity (Wildman–Crippen MR) is 118 cm³/mol. The van der Waals surface area contributed by atoms with Gasteiger partial charge in [-0.2, -0.15) is 0 Å². The highest BCUT2D eigenvalue weighted by Gasteiger charge is 2.20. The average Bonchev–Trinajstić information content (AvgIpc) is 2.64. The first kappa shape index (κ1) is 26.7. The molecule has 0 heterocycles. The highest BCUT2D eigenvalue weighted by molar-refractivity contribution is 5.83. The molecule has 0 aromatic rings. The Morgan fingerprint density at radius 3 is 1.82 bits per heavy atom. The topological polar surface area (TPSA) is 66.4 Å². The molecule has 1 unspecified atom stereocenters. The summed E-state index contributed by atoms with van der Waals surface area (Å²) in [4.78, 5) is 23.1. The Kier molecular flexibility index (Phi) is 18.1. The molecule has 0 aliphatic rings. The van der Waals surface area contributed by atoms with Crippen molar-refractivity contribution in [2.45, 2.75) is 123 Å². The number of amides is 1. The molecule has 0 rings (SSSR count). The molecule has 1 amide bonds. The van der Waals surface area contributed by atoms with Crippen LogP contribution in [-0.4, -0.2) is 23.0 Å². The Morgan fingerprint density at radius 1 is 0.821 bits per heavy atom. The van der Waals surface area contributed by atoms with Crippen LogP contribution in [-0.2, 0) is 9.59 Å². The SMILES string of the molecule is CCCCCCCC/C=C\CCCCCCCC(=O)NC(CC(C)C)C(=O)O. The van der Waals surface area contributed by atoms with Gasteiger partial charge in [-0.15, -0.1) is 0 Å². The van der Waals surface area contributed by atoms with Crippen LogP contribution in [0.1, 0.15) is 117 Å². The van der Waals surface area contributed by atoms with Crippen LogP contribution in [0.15, 0.2) is 12.2 Å². The van der Waals surface area contributed by atoms with E-state index in [-0.39, 0.29) is 11.8 Å². The zero-order valence-electron chi connectivity index (χ0n) is 18.7. The molecule has 4 heteroatoms. The monoisotopic (exact) mass is 395 g/mol. The van der Waals surface area contributed by atoms with Crippen LogP contribution >= 0.6 is 0 Å². The summed E-state index contributed by atoms with van der Waals surface area (Å²) in [6.07, 6.45) is 21.5. The number of carboxylic acids is 1. The number of hydrogen-bond donors (Lipinski definition) is 2. The number of unbranched alkanes of at least 4 members (excludes halogenated alkanes) is 11. The van der Waals surface area contributed by atoms with Crippen LogP contribution in [0, 0.1) is 5.92 Å². The van der Waals surface area contributed by atoms with E-state index in [0.717, 1.165) is 25.7 Å². The van der Waals surface area contributed by atoms with Gasteiger partial charge < -0.3 is 10.4 Å². The number of hydrogen-bond acceptors (Lipinski definition) is 2. The molecule has 0 saturated heterocycles. The van der Waals surface area contributed by atoms with Gasteiger partial charge in [-0.3, -0.25) is 4.79 Å². The first-order valence-corrected chi connectivity index (χ1v) is 11.6. The molecule has 0 spiro atoms. The lowest BCUT2D eigenvalue weighted by molar-refractivity contribution is -0.142. The van der Waals surface area contributed by atoms with E-state index in [1.165, 1.54) is 57.8 Å². The third-order valence-corrected chi connectivity index (χ3v) is 5.01. The molecule has 1 atom stereocenters. The third-order valence-electron chi connectivity index (χ3n) is 5.01. The lowest BCUT2D eigenvalue weighted by Gasteiger charge is -2.16. The van der Waals surface area contributed by atoms with Crippen molar-refractivity contribution in [3.8, 4) is 0 Å². The molecule has 0 aliphatic heterocycles. The molecule has 0 saturated carbocycles. The fraction of sp³-hybridized carbons (Fsp3) is 0.833. The van der Waals surface area contributed by atoms with Gasteiger partial charge in [-0.1, -0.05) is 84.3 Å². The Labute approximate surface area is 173 Å². The summed E-state index contributed by atoms with van der Waals surface area (Å²) in [6, 6.07) is -0.754. The van der Waals surface area contributed by atoms with Crippen LogP contribution in [0.5, 0.6) is 0 Å². The van der Waals surface area contributed by atoms with Crippen molar-refractivity contribution in [2.75, 3.05) is 0 Å². The minimum atomic E-state index is -0.938. The molecule has 0 radical (unpaired) electrons. The van der Waals surface area contributed by atoms with Gasteiger partial charge in [0.25, 0.3) is 0 Å². The minimum absolute atomic E-state index is 0.134. The summed E-state index contributed by atoms with van der Waals surface area (Å²) >= 11 is 0. The van der Waals surface area contributed by atoms with Gasteiger partial charge in [0.05, 0.1) is 0 Å². The zero-order valence-corrected chi connectivity index (χ0v) is 18.7. The molecule has 0 bridgehead atoms. The van der Waals surface area contributed by atoms with E-state index in [2.05, 4.69) is 24.4 Å². The molecule has 0 aromatic carbocycles. The first-order chi connectivity index (χ1) is 13.5. The van der Waals surface area contributed by atoms with Gasteiger partial charge in [0.15, 0.2) is 0 Å². The Morgan fingerprint density at radius 2 is 1.32 bits per heavy atom. The number of nitrogens with one attached hydrogen (secondary N) is 1. The molecule has 0 aliphatic carbocycles. The third kappa shape index (κ3) is 18.1. The Bertz CT molecular complexity index is 418. The van der Waals surface area contributed by atoms with Crippen LogP contribution in [0.25, 0.3) is 0 Å². The quantitative estimate of drug-likeness (QED) is 0.190. The van der Waals surface area contributed by atoms with Crippen molar-refractivity contribution in [3.63, 3.8) is 0 Å². The van der Waals surface area contributed by atoms with Crippen molar-refractivity contribution in [3.05, 3.63) is 12.2 Å². The largest absolute Gasteiger partial charge is 0.480 e. The first-order valence-electron chi connectivity index (χ1n) is 11.6. The minimum Gasteiger partial charge on any atom is -0.480 e. The van der Waals surface area contributed by atoms with Crippen LogP contribution in [0.2, 0.25) is 0 Å². The number of allylic oxidation sites excluding steroid dienone is 2. The molecule has 164 valence electrons. The van der Waals surface area contributed by atoms with Gasteiger partial charge in [0.1, 0.15) is 6.04 Å². The highest BCUT2D eigenvalue weighted by atomic mass is 16.4. The van der Waals surface area contributed by atoms with E-state index in [0.29, 0.717) is 12.8 Å². The summed E-state index contributed by atoms with van der Waals surface area (Å²) in [7, 11) is 0. The fourth-order valence-corrected chi connectivity index (χ4v) is 3.32. The second-order valence-electron chi connectivity index (χ2n) is 8.42. The van der Waals surface area contributed by atoms with Crippen LogP contribution < -0.4 is 5.32 Å². The maximum atomic E-state index is 11.9. The van der Waals surface area contributed by atoms with E-state index in [1.54, 1.807) is 0 Å². The van der Waals surface area contributed by atoms with Gasteiger partial charge in [-0.25, -0.2) is 4.79 Å². The van der Waals surface area contributed by atoms with E-state index < -0.39 is 12.0 Å². The van der Waals surface area contributed by atoms with Gasteiger partial charge in [0.2, 0.25) is 5.91 Å². The number of carbonyl (C=O) groups is 2. The Hall–Kier alpha value is -1.32. The molecule has 0 aromatic heterocycles. The van der Waals surface area contributed by atoms with Gasteiger partial charge >= 0.3 is 5.97 Å². The molecular weight excluding hydrogens is 350 g/mol. The molecule has 0 fully saturated rings. The molecule has 2 N–H and O–H groups in total. The second-order valence-corrected chi connectivity index (χ2v) is 8.42. The number of rotatable bonds is 19. The summed E-state index contributed by atoms with van der Waals surface area (Å²) in [5.74, 6) is -0.821. The van der Waals surface area contributed by atoms with Crippen LogP contribution in [0.3, 0.4) is 0 Å². The number of aliphatic carboxylic acids is 1. The smallest absolute Gasteiger partial charge is 0.326 e. The number of carbonyl (C=O) groups excluding carboxylic acids is 1. The van der Waals surface area contributed by atoms with Crippen molar-refractivity contribution in [1.29, 1.82) is 0 Å². The second kappa shape index (κ2) is 19.0. The van der Waals surface area contributed by atoms with E-state index >= 15 is 0 Å². The van der Waals surface area contributed by atoms with Crippen LogP contribution in [0.4, 0.5) is 0 Å². The van der Waals surface area contributed by atoms with Crippen molar-refractivity contribution < 1.29 is 14.7 Å². The molecule has 28 heavy (non-hydrogen) atoms. The van der Waals surface area contributed by atoms with E-state index in [9.17, 15) is 9.59 Å². The van der Waals surface area contributed by atoms with E-state index in [4.69, 9.17) is 5.11 Å². The highest BCUT2D eigenvalue weighted by Crippen LogP contribution is 2.10. The maximum Gasteiger partial charge on any atom is 0.326 e. The van der Waals surface area contributed by atoms with Crippen molar-refractivity contribution in [2.24, 2.45) is 5.92 Å². The van der Waals surface area contributed by atoms with Gasteiger partial charge in [0, 0.05) is 6.42 Å². The summed E-state index contributed by atoms with van der Waals surface area (Å²) in [6.45, 7) is 6.18. The normalized spacial score (nSPS) is 12.6. The van der Waals surface area contributed by atoms with Crippen molar-refractivity contribution in [1.82, 2.24) is 5.32 Å². The standard InChI is InChI=1S/C24H45NO3/c1-4-5-6-7-8-9-10-11-12-13-14-15-16-17-18-19-23(26)25-22(24(27)28)20-21(2)3/h11-12,21-22H,4-10,13-20H2,1-3H3,(H,25,26)(H,27,28)/b12-11-. The fourth-order valence-electron chi connectivity index (χ4n) is 3.32. The lowest BCUT2D eigenvalue weighted by Crippen LogP contribution is -2.41. The molecular formula is C24H45NO3. The molecule has 4 nitrogen and oxygen atoms in total. The lowest BCUT2D eigenvalue weighted by atomic mass is 10.0. The maximum absolute atomic E-state index is 11.9.